The van der Waals surface area contributed by atoms with E-state index in [2.05, 4.69) is 21.2 Å². The summed E-state index contributed by atoms with van der Waals surface area (Å²) in [6.07, 6.45) is -1.24. The van der Waals surface area contributed by atoms with Gasteiger partial charge in [-0.15, -0.1) is 0 Å². The largest absolute Gasteiger partial charge is 0.495 e. The Bertz CT molecular complexity index is 906. The first-order chi connectivity index (χ1) is 15.6. The fraction of sp³-hybridized carbons (Fsp3) is 0.500. The fourth-order valence-electron chi connectivity index (χ4n) is 5.03. The van der Waals surface area contributed by atoms with Crippen molar-refractivity contribution in [2.45, 2.75) is 37.1 Å². The fourth-order valence-corrected chi connectivity index (χ4v) is 5.03. The zero-order valence-electron chi connectivity index (χ0n) is 18.2. The second-order valence-corrected chi connectivity index (χ2v) is 8.59. The van der Waals surface area contributed by atoms with Crippen molar-refractivity contribution in [3.8, 4) is 5.75 Å². The van der Waals surface area contributed by atoms with Gasteiger partial charge in [0.2, 0.25) is 0 Å². The Morgan fingerprint density at radius 1 is 1.09 bits per heavy atom. The first-order valence-corrected chi connectivity index (χ1v) is 11.2. The number of rotatable bonds is 6. The Morgan fingerprint density at radius 3 is 2.59 bits per heavy atom. The Balaban J connectivity index is 1.24. The minimum Gasteiger partial charge on any atom is -0.495 e. The first kappa shape index (κ1) is 21.6. The van der Waals surface area contributed by atoms with Crippen molar-refractivity contribution in [3.63, 3.8) is 0 Å². The summed E-state index contributed by atoms with van der Waals surface area (Å²) in [5.41, 5.74) is 2.05. The van der Waals surface area contributed by atoms with Gasteiger partial charge in [0.1, 0.15) is 17.7 Å². The number of hydrogen-bond donors (Lipinski definition) is 2. The lowest BCUT2D eigenvalue weighted by Gasteiger charge is -2.47. The van der Waals surface area contributed by atoms with Gasteiger partial charge in [0, 0.05) is 32.7 Å². The van der Waals surface area contributed by atoms with Crippen molar-refractivity contribution < 1.29 is 23.7 Å². The third-order valence-corrected chi connectivity index (χ3v) is 6.75. The number of nitrogens with one attached hydrogen (secondary N) is 1. The van der Waals surface area contributed by atoms with Crippen LogP contribution in [0.5, 0.6) is 5.75 Å². The van der Waals surface area contributed by atoms with Crippen LogP contribution in [0.15, 0.2) is 48.5 Å². The van der Waals surface area contributed by atoms with Crippen LogP contribution in [-0.4, -0.2) is 80.5 Å². The van der Waals surface area contributed by atoms with Crippen LogP contribution in [0.25, 0.3) is 0 Å². The minimum atomic E-state index is -0.625. The van der Waals surface area contributed by atoms with Gasteiger partial charge in [-0.3, -0.25) is 4.90 Å². The van der Waals surface area contributed by atoms with E-state index in [1.54, 1.807) is 19.2 Å². The second-order valence-electron chi connectivity index (χ2n) is 8.59. The molecule has 32 heavy (non-hydrogen) atoms. The summed E-state index contributed by atoms with van der Waals surface area (Å²) < 4.78 is 30.7. The van der Waals surface area contributed by atoms with Gasteiger partial charge in [0.15, 0.2) is 6.29 Å². The number of fused-ring (bicyclic) bond motifs is 2. The molecule has 5 rings (SSSR count). The Labute approximate surface area is 187 Å². The van der Waals surface area contributed by atoms with Crippen molar-refractivity contribution in [1.82, 2.24) is 10.2 Å². The maximum Gasteiger partial charge on any atom is 0.176 e. The number of piperazine rings is 1. The maximum absolute atomic E-state index is 13.2. The van der Waals surface area contributed by atoms with Crippen LogP contribution in [0, 0.1) is 5.82 Å². The number of aliphatic hydroxyl groups excluding tert-OH is 1. The summed E-state index contributed by atoms with van der Waals surface area (Å²) in [5, 5.41) is 14.7. The molecule has 172 valence electrons. The Hall–Kier alpha value is -2.23. The number of halogens is 1. The zero-order valence-corrected chi connectivity index (χ0v) is 18.2. The van der Waals surface area contributed by atoms with Gasteiger partial charge in [-0.25, -0.2) is 4.39 Å². The molecule has 7 nitrogen and oxygen atoms in total. The van der Waals surface area contributed by atoms with Crippen molar-refractivity contribution >= 4 is 5.69 Å². The molecule has 3 saturated heterocycles. The summed E-state index contributed by atoms with van der Waals surface area (Å²) in [7, 11) is 1.69. The van der Waals surface area contributed by atoms with Crippen molar-refractivity contribution in [3.05, 3.63) is 59.9 Å². The summed E-state index contributed by atoms with van der Waals surface area (Å²) >= 11 is 0. The predicted octanol–water partition coefficient (Wildman–Crippen LogP) is 1.60. The molecule has 0 spiro atoms. The average molecular weight is 444 g/mol. The molecule has 3 heterocycles. The molecule has 0 aliphatic carbocycles. The molecule has 0 aromatic heterocycles. The second kappa shape index (κ2) is 9.33. The average Bonchev–Trinajstić information content (AvgIpc) is 3.25. The Morgan fingerprint density at radius 2 is 1.84 bits per heavy atom. The van der Waals surface area contributed by atoms with Gasteiger partial charge >= 0.3 is 0 Å². The van der Waals surface area contributed by atoms with Crippen molar-refractivity contribution in [2.75, 3.05) is 44.8 Å². The lowest BCUT2D eigenvalue weighted by atomic mass is 9.94. The molecular weight excluding hydrogens is 413 g/mol. The number of ether oxygens (including phenoxy) is 3. The van der Waals surface area contributed by atoms with Crippen molar-refractivity contribution in [2.24, 2.45) is 0 Å². The molecule has 3 fully saturated rings. The van der Waals surface area contributed by atoms with E-state index >= 15 is 0 Å². The lowest BCUT2D eigenvalue weighted by Crippen LogP contribution is -2.66. The summed E-state index contributed by atoms with van der Waals surface area (Å²) in [5.74, 6) is 0.614. The van der Waals surface area contributed by atoms with Crippen LogP contribution < -0.4 is 15.0 Å². The van der Waals surface area contributed by atoms with E-state index in [0.29, 0.717) is 13.2 Å². The van der Waals surface area contributed by atoms with Crippen LogP contribution in [0.3, 0.4) is 0 Å². The van der Waals surface area contributed by atoms with Gasteiger partial charge < -0.3 is 29.5 Å². The van der Waals surface area contributed by atoms with E-state index in [1.165, 1.54) is 12.1 Å². The molecule has 3 aliphatic rings. The highest BCUT2D eigenvalue weighted by molar-refractivity contribution is 5.58. The maximum atomic E-state index is 13.2. The summed E-state index contributed by atoms with van der Waals surface area (Å²) in [6, 6.07) is 14.0. The molecule has 2 aromatic carbocycles. The number of methoxy groups -OCH3 is 1. The highest BCUT2D eigenvalue weighted by atomic mass is 19.1. The topological polar surface area (TPSA) is 66.4 Å². The normalized spacial score (nSPS) is 30.5. The van der Waals surface area contributed by atoms with E-state index in [0.717, 1.165) is 43.2 Å². The third-order valence-electron chi connectivity index (χ3n) is 6.75. The standard InChI is InChI=1S/C24H30FN3O4/c1-30-19-5-3-2-4-18(19)27-10-12-28(13-11-27)22-23(29)21(20-15-31-24(22)32-20)26-14-16-6-8-17(25)9-7-16/h2-9,20-24,26,29H,10-15H2,1H3/t20-,21-,22-,23+,24-/m1/s1. The minimum absolute atomic E-state index is 0.193. The summed E-state index contributed by atoms with van der Waals surface area (Å²) in [4.78, 5) is 4.59. The number of para-hydroxylation sites is 2. The van der Waals surface area contributed by atoms with Crippen LogP contribution in [-0.2, 0) is 16.0 Å². The molecule has 2 N–H and O–H groups in total. The van der Waals surface area contributed by atoms with Crippen LogP contribution in [0.1, 0.15) is 5.56 Å². The van der Waals surface area contributed by atoms with Gasteiger partial charge in [-0.05, 0) is 29.8 Å². The molecule has 2 bridgehead atoms. The molecule has 0 amide bonds. The van der Waals surface area contributed by atoms with Gasteiger partial charge in [0.25, 0.3) is 0 Å². The molecule has 3 aliphatic heterocycles. The van der Waals surface area contributed by atoms with E-state index in [9.17, 15) is 9.50 Å². The molecule has 2 aromatic rings. The van der Waals surface area contributed by atoms with E-state index < -0.39 is 12.4 Å². The quantitative estimate of drug-likeness (QED) is 0.703. The number of benzene rings is 2. The monoisotopic (exact) mass is 443 g/mol. The number of hydrogen-bond acceptors (Lipinski definition) is 7. The first-order valence-electron chi connectivity index (χ1n) is 11.2. The van der Waals surface area contributed by atoms with E-state index in [1.807, 2.05) is 18.2 Å². The highest BCUT2D eigenvalue weighted by Crippen LogP contribution is 2.33. The number of nitrogens with zero attached hydrogens (tertiary/aromatic N) is 2. The van der Waals surface area contributed by atoms with E-state index in [-0.39, 0.29) is 24.0 Å². The van der Waals surface area contributed by atoms with Gasteiger partial charge in [-0.1, -0.05) is 24.3 Å². The molecule has 0 saturated carbocycles. The SMILES string of the molecule is COc1ccccc1N1CCN([C@H]2[C@@H]3OC[C@@H](O3)[C@@H](NCc3ccc(F)cc3)[C@@H]2O)CC1. The molecular formula is C24H30FN3O4. The number of anilines is 1. The third kappa shape index (κ3) is 4.21. The summed E-state index contributed by atoms with van der Waals surface area (Å²) in [6.45, 7) is 4.22. The van der Waals surface area contributed by atoms with Gasteiger partial charge in [-0.2, -0.15) is 0 Å². The highest BCUT2D eigenvalue weighted by Gasteiger charge is 2.52. The van der Waals surface area contributed by atoms with Crippen LogP contribution >= 0.6 is 0 Å². The van der Waals surface area contributed by atoms with Gasteiger partial charge in [0.05, 0.1) is 37.6 Å². The zero-order chi connectivity index (χ0) is 22.1. The predicted molar refractivity (Wildman–Crippen MR) is 118 cm³/mol. The Kier molecular flexibility index (Phi) is 6.30. The van der Waals surface area contributed by atoms with E-state index in [4.69, 9.17) is 14.2 Å². The van der Waals surface area contributed by atoms with Crippen LogP contribution in [0.4, 0.5) is 10.1 Å². The van der Waals surface area contributed by atoms with Crippen molar-refractivity contribution in [1.29, 1.82) is 0 Å². The molecule has 5 atom stereocenters. The smallest absolute Gasteiger partial charge is 0.176 e. The molecule has 8 heteroatoms. The molecule has 0 unspecified atom stereocenters. The molecule has 0 radical (unpaired) electrons. The number of aliphatic hydroxyl groups is 1. The van der Waals surface area contributed by atoms with Crippen LogP contribution in [0.2, 0.25) is 0 Å². The lowest BCUT2D eigenvalue weighted by molar-refractivity contribution is -0.183.